The van der Waals surface area contributed by atoms with Crippen molar-refractivity contribution in [2.75, 3.05) is 10.6 Å². The summed E-state index contributed by atoms with van der Waals surface area (Å²) in [6, 6.07) is 14.1. The highest BCUT2D eigenvalue weighted by Gasteiger charge is 2.30. The number of carbonyl (C=O) groups is 3. The van der Waals surface area contributed by atoms with Gasteiger partial charge in [-0.1, -0.05) is 35.9 Å². The molecule has 0 radical (unpaired) electrons. The number of carbonyl (C=O) groups excluding carboxylic acids is 3. The zero-order valence-corrected chi connectivity index (χ0v) is 16.0. The molecule has 0 unspecified atom stereocenters. The van der Waals surface area contributed by atoms with Crippen LogP contribution in [0, 0.1) is 0 Å². The van der Waals surface area contributed by atoms with Crippen LogP contribution in [0.3, 0.4) is 0 Å². The van der Waals surface area contributed by atoms with Crippen LogP contribution in [0.25, 0.3) is 0 Å². The van der Waals surface area contributed by atoms with Crippen LogP contribution in [0.4, 0.5) is 11.4 Å². The van der Waals surface area contributed by atoms with E-state index in [1.165, 1.54) is 18.7 Å². The van der Waals surface area contributed by atoms with Gasteiger partial charge in [0.25, 0.3) is 5.91 Å². The predicted octanol–water partition coefficient (Wildman–Crippen LogP) is 3.71. The Labute approximate surface area is 165 Å². The van der Waals surface area contributed by atoms with Crippen molar-refractivity contribution in [3.8, 4) is 0 Å². The van der Waals surface area contributed by atoms with Gasteiger partial charge in [0.05, 0.1) is 28.1 Å². The number of fused-ring (bicyclic) bond motifs is 1. The largest absolute Gasteiger partial charge is 0.452 e. The van der Waals surface area contributed by atoms with E-state index in [9.17, 15) is 14.4 Å². The Morgan fingerprint density at radius 3 is 2.70 bits per heavy atom. The number of amides is 2. The average Bonchev–Trinajstić information content (AvgIpc) is 2.64. The fraction of sp³-hybridized carbons (Fsp3) is 0.211. The summed E-state index contributed by atoms with van der Waals surface area (Å²) >= 11 is 7.30. The molecule has 2 aromatic carbocycles. The number of halogens is 1. The smallest absolute Gasteiger partial charge is 0.308 e. The van der Waals surface area contributed by atoms with Crippen molar-refractivity contribution >= 4 is 52.5 Å². The van der Waals surface area contributed by atoms with Gasteiger partial charge in [-0.05, 0) is 31.2 Å². The SMILES string of the molecule is C[C@@H](OC(=O)C[C@H]1Sc2ccccc2NC1=O)C(=O)Nc1ccccc1Cl. The summed E-state index contributed by atoms with van der Waals surface area (Å²) in [5.41, 5.74) is 1.16. The van der Waals surface area contributed by atoms with Crippen molar-refractivity contribution < 1.29 is 19.1 Å². The van der Waals surface area contributed by atoms with Gasteiger partial charge >= 0.3 is 5.97 Å². The maximum atomic E-state index is 12.2. The van der Waals surface area contributed by atoms with Crippen LogP contribution in [0.15, 0.2) is 53.4 Å². The standard InChI is InChI=1S/C19H17ClN2O4S/c1-11(18(24)21-13-7-3-2-6-12(13)20)26-17(23)10-16-19(25)22-14-8-4-5-9-15(14)27-16/h2-9,11,16H,10H2,1H3,(H,21,24)(H,22,25)/t11-,16-/m1/s1. The molecule has 0 saturated carbocycles. The van der Waals surface area contributed by atoms with E-state index in [4.69, 9.17) is 16.3 Å². The highest BCUT2D eigenvalue weighted by molar-refractivity contribution is 8.01. The number of esters is 1. The first kappa shape index (κ1) is 19.3. The molecule has 0 saturated heterocycles. The maximum Gasteiger partial charge on any atom is 0.308 e. The normalized spacial score (nSPS) is 16.7. The Morgan fingerprint density at radius 1 is 1.22 bits per heavy atom. The molecule has 2 N–H and O–H groups in total. The Kier molecular flexibility index (Phi) is 6.03. The van der Waals surface area contributed by atoms with Gasteiger partial charge < -0.3 is 15.4 Å². The second-order valence-electron chi connectivity index (χ2n) is 5.90. The van der Waals surface area contributed by atoms with Gasteiger partial charge in [0.15, 0.2) is 6.10 Å². The third-order valence-corrected chi connectivity index (χ3v) is 5.47. The van der Waals surface area contributed by atoms with Crippen molar-refractivity contribution in [1.29, 1.82) is 0 Å². The number of hydrogen-bond acceptors (Lipinski definition) is 5. The van der Waals surface area contributed by atoms with Crippen molar-refractivity contribution in [1.82, 2.24) is 0 Å². The molecule has 2 amide bonds. The van der Waals surface area contributed by atoms with Gasteiger partial charge in [0.2, 0.25) is 5.91 Å². The lowest BCUT2D eigenvalue weighted by Crippen LogP contribution is -2.34. The number of rotatable bonds is 5. The molecule has 1 aliphatic rings. The van der Waals surface area contributed by atoms with Crippen LogP contribution in [0.2, 0.25) is 5.02 Å². The Morgan fingerprint density at radius 2 is 1.93 bits per heavy atom. The van der Waals surface area contributed by atoms with E-state index in [0.29, 0.717) is 10.7 Å². The number of thioether (sulfide) groups is 1. The summed E-state index contributed by atoms with van der Waals surface area (Å²) in [5, 5.41) is 5.16. The van der Waals surface area contributed by atoms with Gasteiger partial charge in [0.1, 0.15) is 0 Å². The van der Waals surface area contributed by atoms with Gasteiger partial charge in [0, 0.05) is 4.90 Å². The molecule has 27 heavy (non-hydrogen) atoms. The van der Waals surface area contributed by atoms with Crippen molar-refractivity contribution in [3.05, 3.63) is 53.6 Å². The van der Waals surface area contributed by atoms with Gasteiger partial charge in [-0.25, -0.2) is 0 Å². The number of nitrogens with one attached hydrogen (secondary N) is 2. The van der Waals surface area contributed by atoms with Crippen LogP contribution in [-0.2, 0) is 19.1 Å². The fourth-order valence-electron chi connectivity index (χ4n) is 2.47. The van der Waals surface area contributed by atoms with Crippen molar-refractivity contribution in [2.24, 2.45) is 0 Å². The average molecular weight is 405 g/mol. The van der Waals surface area contributed by atoms with Crippen LogP contribution in [0.5, 0.6) is 0 Å². The highest BCUT2D eigenvalue weighted by Crippen LogP contribution is 2.36. The molecule has 1 heterocycles. The zero-order valence-electron chi connectivity index (χ0n) is 14.4. The highest BCUT2D eigenvalue weighted by atomic mass is 35.5. The molecule has 3 rings (SSSR count). The molecule has 0 bridgehead atoms. The van der Waals surface area contributed by atoms with Crippen LogP contribution in [0.1, 0.15) is 13.3 Å². The molecule has 2 aromatic rings. The summed E-state index contributed by atoms with van der Waals surface area (Å²) in [5.74, 6) is -1.38. The molecule has 0 fully saturated rings. The van der Waals surface area contributed by atoms with Crippen LogP contribution < -0.4 is 10.6 Å². The summed E-state index contributed by atoms with van der Waals surface area (Å²) < 4.78 is 5.18. The number of para-hydroxylation sites is 2. The summed E-state index contributed by atoms with van der Waals surface area (Å²) in [4.78, 5) is 37.4. The van der Waals surface area contributed by atoms with Gasteiger partial charge in [-0.2, -0.15) is 0 Å². The predicted molar refractivity (Wildman–Crippen MR) is 105 cm³/mol. The lowest BCUT2D eigenvalue weighted by molar-refractivity contribution is -0.153. The first-order chi connectivity index (χ1) is 12.9. The number of benzene rings is 2. The third-order valence-electron chi connectivity index (χ3n) is 3.87. The molecule has 0 spiro atoms. The quantitative estimate of drug-likeness (QED) is 0.742. The van der Waals surface area contributed by atoms with E-state index in [1.54, 1.807) is 30.3 Å². The van der Waals surface area contributed by atoms with Crippen molar-refractivity contribution in [2.45, 2.75) is 29.6 Å². The van der Waals surface area contributed by atoms with E-state index in [-0.39, 0.29) is 12.3 Å². The van der Waals surface area contributed by atoms with E-state index in [2.05, 4.69) is 10.6 Å². The summed E-state index contributed by atoms with van der Waals surface area (Å²) in [7, 11) is 0. The van der Waals surface area contributed by atoms with Crippen LogP contribution >= 0.6 is 23.4 Å². The van der Waals surface area contributed by atoms with Crippen LogP contribution in [-0.4, -0.2) is 29.1 Å². The van der Waals surface area contributed by atoms with E-state index < -0.39 is 23.2 Å². The Balaban J connectivity index is 1.55. The maximum absolute atomic E-state index is 12.2. The second-order valence-corrected chi connectivity index (χ2v) is 7.55. The molecular formula is C19H17ClN2O4S. The first-order valence-electron chi connectivity index (χ1n) is 8.25. The number of ether oxygens (including phenoxy) is 1. The lowest BCUT2D eigenvalue weighted by Gasteiger charge is -2.23. The molecule has 0 aliphatic carbocycles. The molecule has 2 atom stereocenters. The molecule has 0 aromatic heterocycles. The topological polar surface area (TPSA) is 84.5 Å². The van der Waals surface area contributed by atoms with Gasteiger partial charge in [-0.15, -0.1) is 11.8 Å². The lowest BCUT2D eigenvalue weighted by atomic mass is 10.2. The van der Waals surface area contributed by atoms with E-state index in [0.717, 1.165) is 10.6 Å². The third kappa shape index (κ3) is 4.81. The molecular weight excluding hydrogens is 388 g/mol. The summed E-state index contributed by atoms with van der Waals surface area (Å²) in [6.07, 6.45) is -1.15. The Hall–Kier alpha value is -2.51. The minimum atomic E-state index is -1.02. The molecule has 8 heteroatoms. The molecule has 140 valence electrons. The minimum Gasteiger partial charge on any atom is -0.452 e. The van der Waals surface area contributed by atoms with Gasteiger partial charge in [-0.3, -0.25) is 14.4 Å². The van der Waals surface area contributed by atoms with E-state index >= 15 is 0 Å². The van der Waals surface area contributed by atoms with Crippen molar-refractivity contribution in [3.63, 3.8) is 0 Å². The number of anilines is 2. The molecule has 6 nitrogen and oxygen atoms in total. The minimum absolute atomic E-state index is 0.130. The fourth-order valence-corrected chi connectivity index (χ4v) is 3.75. The Bertz CT molecular complexity index is 890. The summed E-state index contributed by atoms with van der Waals surface area (Å²) in [6.45, 7) is 1.47. The van der Waals surface area contributed by atoms with E-state index in [1.807, 2.05) is 18.2 Å². The number of hydrogen-bond donors (Lipinski definition) is 2. The molecule has 1 aliphatic heterocycles. The zero-order chi connectivity index (χ0) is 19.4. The second kappa shape index (κ2) is 8.45. The first-order valence-corrected chi connectivity index (χ1v) is 9.51. The monoisotopic (exact) mass is 404 g/mol.